The number of amides is 1. The molecule has 1 aliphatic heterocycles. The Hall–Kier alpha value is -0.610. The fraction of sp³-hybridized carbons (Fsp3) is 0.933. The molecule has 1 heterocycles. The minimum atomic E-state index is -0.351. The molecule has 0 radical (unpaired) electrons. The second kappa shape index (κ2) is 8.54. The van der Waals surface area contributed by atoms with Crippen molar-refractivity contribution in [2.24, 2.45) is 17.6 Å². The quantitative estimate of drug-likeness (QED) is 0.690. The Morgan fingerprint density at radius 2 is 2.00 bits per heavy atom. The molecule has 1 atom stereocenters. The van der Waals surface area contributed by atoms with Crippen LogP contribution in [0.4, 0.5) is 0 Å². The summed E-state index contributed by atoms with van der Waals surface area (Å²) in [6.45, 7) is 10.8. The SMILES string of the molecule is CC(C)C[C@H](N)C(=O)NCCCN1CCC(C)CC1. The molecule has 1 saturated heterocycles. The maximum absolute atomic E-state index is 11.7. The monoisotopic (exact) mass is 269 g/mol. The molecular formula is C15H31N3O. The maximum Gasteiger partial charge on any atom is 0.236 e. The molecule has 1 fully saturated rings. The summed E-state index contributed by atoms with van der Waals surface area (Å²) < 4.78 is 0. The van der Waals surface area contributed by atoms with Crippen LogP contribution in [0.1, 0.15) is 46.5 Å². The molecular weight excluding hydrogens is 238 g/mol. The van der Waals surface area contributed by atoms with Crippen LogP contribution >= 0.6 is 0 Å². The molecule has 0 aromatic heterocycles. The Balaban J connectivity index is 2.05. The lowest BCUT2D eigenvalue weighted by Crippen LogP contribution is -2.42. The number of hydrogen-bond donors (Lipinski definition) is 2. The van der Waals surface area contributed by atoms with E-state index in [1.807, 2.05) is 0 Å². The van der Waals surface area contributed by atoms with Crippen LogP contribution in [0.25, 0.3) is 0 Å². The maximum atomic E-state index is 11.7. The Morgan fingerprint density at radius 3 is 2.58 bits per heavy atom. The normalized spacial score (nSPS) is 19.6. The van der Waals surface area contributed by atoms with Crippen LogP contribution in [0.3, 0.4) is 0 Å². The van der Waals surface area contributed by atoms with Crippen molar-refractivity contribution in [2.75, 3.05) is 26.2 Å². The highest BCUT2D eigenvalue weighted by Gasteiger charge is 2.16. The Bertz CT molecular complexity index is 260. The number of hydrogen-bond acceptors (Lipinski definition) is 3. The van der Waals surface area contributed by atoms with Gasteiger partial charge >= 0.3 is 0 Å². The molecule has 1 amide bonds. The molecule has 0 aromatic rings. The van der Waals surface area contributed by atoms with Gasteiger partial charge in [-0.15, -0.1) is 0 Å². The van der Waals surface area contributed by atoms with E-state index in [0.717, 1.165) is 31.8 Å². The summed E-state index contributed by atoms with van der Waals surface area (Å²) in [5, 5.41) is 2.95. The van der Waals surface area contributed by atoms with E-state index in [1.165, 1.54) is 25.9 Å². The molecule has 4 nitrogen and oxygen atoms in total. The van der Waals surface area contributed by atoms with E-state index in [2.05, 4.69) is 31.0 Å². The van der Waals surface area contributed by atoms with Crippen molar-refractivity contribution < 1.29 is 4.79 Å². The van der Waals surface area contributed by atoms with Crippen LogP contribution < -0.4 is 11.1 Å². The summed E-state index contributed by atoms with van der Waals surface area (Å²) >= 11 is 0. The van der Waals surface area contributed by atoms with Crippen molar-refractivity contribution in [3.05, 3.63) is 0 Å². The fourth-order valence-corrected chi connectivity index (χ4v) is 2.55. The molecule has 0 saturated carbocycles. The molecule has 0 spiro atoms. The van der Waals surface area contributed by atoms with Crippen molar-refractivity contribution in [3.8, 4) is 0 Å². The second-order valence-electron chi connectivity index (χ2n) is 6.40. The van der Waals surface area contributed by atoms with Gasteiger partial charge in [-0.3, -0.25) is 4.79 Å². The lowest BCUT2D eigenvalue weighted by Gasteiger charge is -2.30. The molecule has 0 aromatic carbocycles. The summed E-state index contributed by atoms with van der Waals surface area (Å²) in [7, 11) is 0. The highest BCUT2D eigenvalue weighted by atomic mass is 16.2. The molecule has 1 rings (SSSR count). The number of piperidine rings is 1. The van der Waals surface area contributed by atoms with Crippen molar-refractivity contribution in [1.82, 2.24) is 10.2 Å². The van der Waals surface area contributed by atoms with Crippen LogP contribution in [0.15, 0.2) is 0 Å². The van der Waals surface area contributed by atoms with Gasteiger partial charge in [-0.05, 0) is 57.2 Å². The predicted octanol–water partition coefficient (Wildman–Crippen LogP) is 1.60. The molecule has 3 N–H and O–H groups in total. The van der Waals surface area contributed by atoms with E-state index >= 15 is 0 Å². The number of nitrogens with zero attached hydrogens (tertiary/aromatic N) is 1. The molecule has 0 bridgehead atoms. The average molecular weight is 269 g/mol. The number of likely N-dealkylation sites (tertiary alicyclic amines) is 1. The third-order valence-corrected chi connectivity index (χ3v) is 3.89. The van der Waals surface area contributed by atoms with Gasteiger partial charge in [-0.1, -0.05) is 20.8 Å². The van der Waals surface area contributed by atoms with Gasteiger partial charge in [-0.25, -0.2) is 0 Å². The molecule has 112 valence electrons. The Kier molecular flexibility index (Phi) is 7.39. The van der Waals surface area contributed by atoms with Crippen LogP contribution in [-0.4, -0.2) is 43.0 Å². The first-order chi connectivity index (χ1) is 8.99. The number of nitrogens with one attached hydrogen (secondary N) is 1. The fourth-order valence-electron chi connectivity index (χ4n) is 2.55. The van der Waals surface area contributed by atoms with Gasteiger partial charge in [0.05, 0.1) is 6.04 Å². The van der Waals surface area contributed by atoms with Crippen LogP contribution in [-0.2, 0) is 4.79 Å². The first kappa shape index (κ1) is 16.4. The zero-order chi connectivity index (χ0) is 14.3. The predicted molar refractivity (Wildman–Crippen MR) is 79.9 cm³/mol. The van der Waals surface area contributed by atoms with Gasteiger partial charge in [0.15, 0.2) is 0 Å². The summed E-state index contributed by atoms with van der Waals surface area (Å²) in [6, 6.07) is -0.351. The zero-order valence-corrected chi connectivity index (χ0v) is 12.8. The van der Waals surface area contributed by atoms with Gasteiger partial charge in [0.2, 0.25) is 5.91 Å². The first-order valence-corrected chi connectivity index (χ1v) is 7.74. The number of nitrogens with two attached hydrogens (primary N) is 1. The van der Waals surface area contributed by atoms with Crippen LogP contribution in [0, 0.1) is 11.8 Å². The van der Waals surface area contributed by atoms with Gasteiger partial charge in [-0.2, -0.15) is 0 Å². The minimum absolute atomic E-state index is 0.000895. The van der Waals surface area contributed by atoms with E-state index < -0.39 is 0 Å². The van der Waals surface area contributed by atoms with E-state index in [9.17, 15) is 4.79 Å². The molecule has 1 aliphatic rings. The largest absolute Gasteiger partial charge is 0.355 e. The highest BCUT2D eigenvalue weighted by molar-refractivity contribution is 5.81. The molecule has 4 heteroatoms. The number of rotatable bonds is 7. The van der Waals surface area contributed by atoms with Crippen LogP contribution in [0.5, 0.6) is 0 Å². The van der Waals surface area contributed by atoms with Gasteiger partial charge in [0.1, 0.15) is 0 Å². The third-order valence-electron chi connectivity index (χ3n) is 3.89. The van der Waals surface area contributed by atoms with E-state index in [-0.39, 0.29) is 11.9 Å². The summed E-state index contributed by atoms with van der Waals surface area (Å²) in [4.78, 5) is 14.2. The van der Waals surface area contributed by atoms with Gasteiger partial charge < -0.3 is 16.0 Å². The lowest BCUT2D eigenvalue weighted by atomic mass is 9.99. The van der Waals surface area contributed by atoms with Gasteiger partial charge in [0.25, 0.3) is 0 Å². The van der Waals surface area contributed by atoms with Crippen molar-refractivity contribution in [3.63, 3.8) is 0 Å². The van der Waals surface area contributed by atoms with E-state index in [1.54, 1.807) is 0 Å². The van der Waals surface area contributed by atoms with Crippen molar-refractivity contribution in [1.29, 1.82) is 0 Å². The number of carbonyl (C=O) groups excluding carboxylic acids is 1. The van der Waals surface area contributed by atoms with Gasteiger partial charge in [0, 0.05) is 6.54 Å². The van der Waals surface area contributed by atoms with Crippen molar-refractivity contribution >= 4 is 5.91 Å². The Labute approximate surface area is 118 Å². The number of carbonyl (C=O) groups is 1. The summed E-state index contributed by atoms with van der Waals surface area (Å²) in [5.41, 5.74) is 5.84. The van der Waals surface area contributed by atoms with Crippen LogP contribution in [0.2, 0.25) is 0 Å². The van der Waals surface area contributed by atoms with E-state index in [4.69, 9.17) is 5.73 Å². The second-order valence-corrected chi connectivity index (χ2v) is 6.40. The minimum Gasteiger partial charge on any atom is -0.355 e. The average Bonchev–Trinajstić information content (AvgIpc) is 2.35. The summed E-state index contributed by atoms with van der Waals surface area (Å²) in [5.74, 6) is 1.35. The topological polar surface area (TPSA) is 58.4 Å². The van der Waals surface area contributed by atoms with E-state index in [0.29, 0.717) is 5.92 Å². The molecule has 0 aliphatic carbocycles. The third kappa shape index (κ3) is 6.92. The lowest BCUT2D eigenvalue weighted by molar-refractivity contribution is -0.122. The molecule has 0 unspecified atom stereocenters. The summed E-state index contributed by atoms with van der Waals surface area (Å²) in [6.07, 6.45) is 4.40. The Morgan fingerprint density at radius 1 is 1.37 bits per heavy atom. The smallest absolute Gasteiger partial charge is 0.236 e. The van der Waals surface area contributed by atoms with Crippen molar-refractivity contribution in [2.45, 2.75) is 52.5 Å². The highest BCUT2D eigenvalue weighted by Crippen LogP contribution is 2.15. The first-order valence-electron chi connectivity index (χ1n) is 7.74. The standard InChI is InChI=1S/C15H31N3O/c1-12(2)11-14(16)15(19)17-7-4-8-18-9-5-13(3)6-10-18/h12-14H,4-11,16H2,1-3H3,(H,17,19)/t14-/m0/s1. The molecule has 19 heavy (non-hydrogen) atoms. The zero-order valence-electron chi connectivity index (χ0n) is 12.8.